The van der Waals surface area contributed by atoms with Crippen molar-refractivity contribution < 1.29 is 4.79 Å². The maximum atomic E-state index is 12.5. The van der Waals surface area contributed by atoms with E-state index < -0.39 is 0 Å². The molecule has 0 spiro atoms. The zero-order valence-electron chi connectivity index (χ0n) is 14.4. The molecule has 0 fully saturated rings. The van der Waals surface area contributed by atoms with Gasteiger partial charge >= 0.3 is 0 Å². The highest BCUT2D eigenvalue weighted by atomic mass is 16.2. The lowest BCUT2D eigenvalue weighted by molar-refractivity contribution is -0.124. The number of pyridine rings is 1. The number of fused-ring (bicyclic) bond motifs is 1. The first kappa shape index (κ1) is 16.1. The number of amides is 1. The molecule has 0 bridgehead atoms. The summed E-state index contributed by atoms with van der Waals surface area (Å²) in [5, 5.41) is 3.00. The Morgan fingerprint density at radius 3 is 2.73 bits per heavy atom. The highest BCUT2D eigenvalue weighted by molar-refractivity contribution is 5.80. The van der Waals surface area contributed by atoms with Gasteiger partial charge in [0.05, 0.1) is 11.0 Å². The van der Waals surface area contributed by atoms with Gasteiger partial charge in [-0.1, -0.05) is 18.2 Å². The fourth-order valence-corrected chi connectivity index (χ4v) is 2.98. The number of imidazole rings is 1. The van der Waals surface area contributed by atoms with Crippen LogP contribution in [0.5, 0.6) is 0 Å². The summed E-state index contributed by atoms with van der Waals surface area (Å²) in [6.45, 7) is 2.28. The second kappa shape index (κ2) is 6.84. The minimum atomic E-state index is -0.265. The SMILES string of the molecule is C[C@H](C(=O)NCc1cccnc1-n1cnc2ccccc21)n1cccc1. The van der Waals surface area contributed by atoms with Gasteiger partial charge in [-0.25, -0.2) is 9.97 Å². The van der Waals surface area contributed by atoms with E-state index in [-0.39, 0.29) is 11.9 Å². The standard InChI is InChI=1S/C20H19N5O/c1-15(24-11-4-5-12-24)20(26)22-13-16-7-6-10-21-19(16)25-14-23-17-8-2-3-9-18(17)25/h2-12,14-15H,13H2,1H3,(H,22,26)/t15-/m1/s1. The van der Waals surface area contributed by atoms with Gasteiger partial charge in [0.15, 0.2) is 0 Å². The maximum Gasteiger partial charge on any atom is 0.243 e. The smallest absolute Gasteiger partial charge is 0.243 e. The minimum absolute atomic E-state index is 0.0357. The second-order valence-corrected chi connectivity index (χ2v) is 6.11. The minimum Gasteiger partial charge on any atom is -0.350 e. The van der Waals surface area contributed by atoms with Gasteiger partial charge in [-0.2, -0.15) is 0 Å². The van der Waals surface area contributed by atoms with Crippen LogP contribution in [-0.4, -0.2) is 25.0 Å². The normalized spacial score (nSPS) is 12.2. The van der Waals surface area contributed by atoms with Crippen LogP contribution in [0.2, 0.25) is 0 Å². The van der Waals surface area contributed by atoms with Crippen molar-refractivity contribution in [3.05, 3.63) is 79.0 Å². The van der Waals surface area contributed by atoms with E-state index in [1.54, 1.807) is 12.5 Å². The molecule has 3 aromatic heterocycles. The molecule has 0 aliphatic heterocycles. The lowest BCUT2D eigenvalue weighted by Crippen LogP contribution is -2.30. The van der Waals surface area contributed by atoms with E-state index in [0.717, 1.165) is 22.4 Å². The van der Waals surface area contributed by atoms with E-state index in [1.807, 2.05) is 77.0 Å². The van der Waals surface area contributed by atoms with E-state index in [1.165, 1.54) is 0 Å². The number of benzene rings is 1. The highest BCUT2D eigenvalue weighted by Crippen LogP contribution is 2.19. The average Bonchev–Trinajstić information content (AvgIpc) is 3.35. The third kappa shape index (κ3) is 2.97. The summed E-state index contributed by atoms with van der Waals surface area (Å²) in [5.41, 5.74) is 2.83. The molecule has 6 nitrogen and oxygen atoms in total. The van der Waals surface area contributed by atoms with Crippen LogP contribution in [0.15, 0.2) is 73.4 Å². The lowest BCUT2D eigenvalue weighted by atomic mass is 10.2. The van der Waals surface area contributed by atoms with E-state index >= 15 is 0 Å². The number of para-hydroxylation sites is 2. The fourth-order valence-electron chi connectivity index (χ4n) is 2.98. The van der Waals surface area contributed by atoms with Crippen molar-refractivity contribution in [1.29, 1.82) is 0 Å². The third-order valence-corrected chi connectivity index (χ3v) is 4.46. The van der Waals surface area contributed by atoms with Crippen LogP contribution in [0.4, 0.5) is 0 Å². The molecule has 0 saturated carbocycles. The first-order valence-electron chi connectivity index (χ1n) is 8.50. The number of nitrogens with zero attached hydrogens (tertiary/aromatic N) is 4. The average molecular weight is 345 g/mol. The molecule has 1 atom stereocenters. The quantitative estimate of drug-likeness (QED) is 0.604. The Labute approximate surface area is 151 Å². The Balaban J connectivity index is 1.58. The molecule has 0 unspecified atom stereocenters. The van der Waals surface area contributed by atoms with E-state index in [9.17, 15) is 4.79 Å². The summed E-state index contributed by atoms with van der Waals surface area (Å²) in [6, 6.07) is 15.3. The van der Waals surface area contributed by atoms with Crippen LogP contribution in [0, 0.1) is 0 Å². The summed E-state index contributed by atoms with van der Waals surface area (Å²) >= 11 is 0. The fraction of sp³-hybridized carbons (Fsp3) is 0.150. The molecular weight excluding hydrogens is 326 g/mol. The van der Waals surface area contributed by atoms with Gasteiger partial charge in [0.25, 0.3) is 0 Å². The Morgan fingerprint density at radius 1 is 1.08 bits per heavy atom. The first-order valence-corrected chi connectivity index (χ1v) is 8.50. The highest BCUT2D eigenvalue weighted by Gasteiger charge is 2.15. The lowest BCUT2D eigenvalue weighted by Gasteiger charge is -2.15. The number of carbonyl (C=O) groups is 1. The molecule has 130 valence electrons. The summed E-state index contributed by atoms with van der Waals surface area (Å²) in [7, 11) is 0. The van der Waals surface area contributed by atoms with Crippen molar-refractivity contribution in [3.63, 3.8) is 0 Å². The van der Waals surface area contributed by atoms with Crippen molar-refractivity contribution in [2.24, 2.45) is 0 Å². The molecule has 0 radical (unpaired) electrons. The van der Waals surface area contributed by atoms with Crippen LogP contribution >= 0.6 is 0 Å². The largest absolute Gasteiger partial charge is 0.350 e. The summed E-state index contributed by atoms with van der Waals surface area (Å²) in [5.74, 6) is 0.738. The predicted molar refractivity (Wildman–Crippen MR) is 99.9 cm³/mol. The van der Waals surface area contributed by atoms with Crippen LogP contribution in [0.1, 0.15) is 18.5 Å². The molecule has 0 aliphatic carbocycles. The first-order chi connectivity index (χ1) is 12.7. The molecule has 0 saturated heterocycles. The Bertz CT molecular complexity index is 1040. The summed E-state index contributed by atoms with van der Waals surface area (Å²) in [6.07, 6.45) is 7.29. The molecule has 6 heteroatoms. The Kier molecular flexibility index (Phi) is 4.23. The molecule has 1 N–H and O–H groups in total. The van der Waals surface area contributed by atoms with Crippen molar-refractivity contribution >= 4 is 16.9 Å². The number of hydrogen-bond donors (Lipinski definition) is 1. The number of hydrogen-bond acceptors (Lipinski definition) is 3. The van der Waals surface area contributed by atoms with Gasteiger partial charge in [0, 0.05) is 30.7 Å². The molecular formula is C20H19N5O. The van der Waals surface area contributed by atoms with E-state index in [0.29, 0.717) is 6.54 Å². The van der Waals surface area contributed by atoms with Gasteiger partial charge in [-0.15, -0.1) is 0 Å². The van der Waals surface area contributed by atoms with Crippen molar-refractivity contribution in [2.45, 2.75) is 19.5 Å². The van der Waals surface area contributed by atoms with Crippen molar-refractivity contribution in [2.75, 3.05) is 0 Å². The van der Waals surface area contributed by atoms with Crippen LogP contribution in [0.25, 0.3) is 16.9 Å². The van der Waals surface area contributed by atoms with Gasteiger partial charge in [0.2, 0.25) is 5.91 Å². The van der Waals surface area contributed by atoms with E-state index in [4.69, 9.17) is 0 Å². The number of rotatable bonds is 5. The zero-order chi connectivity index (χ0) is 17.9. The van der Waals surface area contributed by atoms with Gasteiger partial charge in [-0.05, 0) is 37.3 Å². The number of carbonyl (C=O) groups excluding carboxylic acids is 1. The monoisotopic (exact) mass is 345 g/mol. The van der Waals surface area contributed by atoms with E-state index in [2.05, 4.69) is 15.3 Å². The Morgan fingerprint density at radius 2 is 1.88 bits per heavy atom. The van der Waals surface area contributed by atoms with Gasteiger partial charge in [0.1, 0.15) is 18.2 Å². The maximum absolute atomic E-state index is 12.5. The summed E-state index contributed by atoms with van der Waals surface area (Å²) in [4.78, 5) is 21.4. The van der Waals surface area contributed by atoms with Crippen LogP contribution < -0.4 is 5.32 Å². The van der Waals surface area contributed by atoms with Gasteiger partial charge < -0.3 is 9.88 Å². The predicted octanol–water partition coefficient (Wildman–Crippen LogP) is 3.10. The number of aromatic nitrogens is 4. The zero-order valence-corrected chi connectivity index (χ0v) is 14.4. The third-order valence-electron chi connectivity index (χ3n) is 4.46. The summed E-state index contributed by atoms with van der Waals surface area (Å²) < 4.78 is 3.83. The molecule has 1 aromatic carbocycles. The number of nitrogens with one attached hydrogen (secondary N) is 1. The molecule has 3 heterocycles. The van der Waals surface area contributed by atoms with Crippen molar-refractivity contribution in [3.8, 4) is 5.82 Å². The van der Waals surface area contributed by atoms with Crippen molar-refractivity contribution in [1.82, 2.24) is 24.4 Å². The molecule has 4 aromatic rings. The molecule has 4 rings (SSSR count). The topological polar surface area (TPSA) is 64.7 Å². The Hall–Kier alpha value is -3.41. The van der Waals surface area contributed by atoms with Crippen LogP contribution in [0.3, 0.4) is 0 Å². The van der Waals surface area contributed by atoms with Crippen LogP contribution in [-0.2, 0) is 11.3 Å². The molecule has 0 aliphatic rings. The van der Waals surface area contributed by atoms with Gasteiger partial charge in [-0.3, -0.25) is 9.36 Å². The molecule has 1 amide bonds. The second-order valence-electron chi connectivity index (χ2n) is 6.11. The molecule has 26 heavy (non-hydrogen) atoms.